The van der Waals surface area contributed by atoms with Crippen LogP contribution in [0.3, 0.4) is 0 Å². The Hall–Kier alpha value is -1.10. The Bertz CT molecular complexity index is 304. The summed E-state index contributed by atoms with van der Waals surface area (Å²) in [4.78, 5) is 23.0. The van der Waals surface area contributed by atoms with Gasteiger partial charge in [-0.15, -0.1) is 0 Å². The quantitative estimate of drug-likeness (QED) is 0.544. The second-order valence-corrected chi connectivity index (χ2v) is 6.04. The number of carbonyl (C=O) groups is 2. The van der Waals surface area contributed by atoms with Crippen LogP contribution < -0.4 is 10.6 Å². The van der Waals surface area contributed by atoms with Crippen molar-refractivity contribution in [3.63, 3.8) is 0 Å². The molecule has 5 heteroatoms. The van der Waals surface area contributed by atoms with Crippen LogP contribution in [0.1, 0.15) is 66.2 Å². The van der Waals surface area contributed by atoms with Crippen molar-refractivity contribution in [3.05, 3.63) is 0 Å². The minimum absolute atomic E-state index is 0.0512. The van der Waals surface area contributed by atoms with Crippen molar-refractivity contribution in [2.24, 2.45) is 0 Å². The van der Waals surface area contributed by atoms with Crippen LogP contribution >= 0.6 is 0 Å². The van der Waals surface area contributed by atoms with Crippen LogP contribution in [-0.4, -0.2) is 37.1 Å². The molecule has 0 aromatic rings. The number of carbonyl (C=O) groups excluding carboxylic acids is 2. The van der Waals surface area contributed by atoms with Gasteiger partial charge in [0.25, 0.3) is 0 Å². The lowest BCUT2D eigenvalue weighted by molar-refractivity contribution is -0.123. The molecule has 0 saturated heterocycles. The van der Waals surface area contributed by atoms with E-state index in [1.54, 1.807) is 0 Å². The molecule has 2 amide bonds. The minimum atomic E-state index is -0.378. The van der Waals surface area contributed by atoms with Crippen molar-refractivity contribution in [1.29, 1.82) is 0 Å². The highest BCUT2D eigenvalue weighted by atomic mass is 16.5. The molecule has 0 aromatic carbocycles. The van der Waals surface area contributed by atoms with Gasteiger partial charge in [0.15, 0.2) is 0 Å². The molecule has 0 unspecified atom stereocenters. The first-order valence-electron chi connectivity index (χ1n) is 8.06. The molecule has 124 valence electrons. The van der Waals surface area contributed by atoms with Crippen LogP contribution in [0, 0.1) is 0 Å². The molecule has 0 bridgehead atoms. The van der Waals surface area contributed by atoms with Gasteiger partial charge in [0.05, 0.1) is 18.8 Å². The summed E-state index contributed by atoms with van der Waals surface area (Å²) in [6.45, 7) is 9.39. The first-order chi connectivity index (χ1) is 9.91. The highest BCUT2D eigenvalue weighted by molar-refractivity contribution is 5.76. The molecule has 0 rings (SSSR count). The molecule has 0 atom stereocenters. The average molecular weight is 300 g/mol. The summed E-state index contributed by atoms with van der Waals surface area (Å²) in [5, 5.41) is 5.78. The highest BCUT2D eigenvalue weighted by Gasteiger charge is 2.20. The van der Waals surface area contributed by atoms with Gasteiger partial charge < -0.3 is 15.4 Å². The Balaban J connectivity index is 3.64. The molecule has 5 nitrogen and oxygen atoms in total. The van der Waals surface area contributed by atoms with E-state index >= 15 is 0 Å². The maximum absolute atomic E-state index is 11.5. The summed E-state index contributed by atoms with van der Waals surface area (Å²) in [5.74, 6) is 0.137. The fourth-order valence-corrected chi connectivity index (χ4v) is 1.92. The van der Waals surface area contributed by atoms with Gasteiger partial charge in [0, 0.05) is 19.4 Å². The van der Waals surface area contributed by atoms with Crippen LogP contribution in [0.5, 0.6) is 0 Å². The molecular formula is C16H32N2O3. The van der Waals surface area contributed by atoms with Gasteiger partial charge >= 0.3 is 0 Å². The molecule has 0 radical (unpaired) electrons. The molecule has 0 aliphatic heterocycles. The maximum Gasteiger partial charge on any atom is 0.220 e. The van der Waals surface area contributed by atoms with Gasteiger partial charge in [-0.2, -0.15) is 0 Å². The summed E-state index contributed by atoms with van der Waals surface area (Å²) in [7, 11) is 0. The summed E-state index contributed by atoms with van der Waals surface area (Å²) < 4.78 is 5.52. The van der Waals surface area contributed by atoms with Crippen LogP contribution in [0.2, 0.25) is 0 Å². The fourth-order valence-electron chi connectivity index (χ4n) is 1.92. The standard InChI is InChI=1S/C16H32N2O3/c1-5-7-8-10-14(19)17-11-12-21-13-16(3,4)18-15(20)9-6-2/h5-13H2,1-4H3,(H,17,19)(H,18,20). The number of ether oxygens (including phenoxy) is 1. The largest absolute Gasteiger partial charge is 0.377 e. The number of amides is 2. The molecular weight excluding hydrogens is 268 g/mol. The minimum Gasteiger partial charge on any atom is -0.377 e. The number of hydrogen-bond donors (Lipinski definition) is 2. The first-order valence-corrected chi connectivity index (χ1v) is 8.06. The van der Waals surface area contributed by atoms with Gasteiger partial charge in [0.2, 0.25) is 11.8 Å². The van der Waals surface area contributed by atoms with Gasteiger partial charge in [-0.25, -0.2) is 0 Å². The van der Waals surface area contributed by atoms with Crippen LogP contribution in [0.25, 0.3) is 0 Å². The summed E-state index contributed by atoms with van der Waals surface area (Å²) >= 11 is 0. The van der Waals surface area contributed by atoms with E-state index in [1.807, 2.05) is 20.8 Å². The summed E-state index contributed by atoms with van der Waals surface area (Å²) in [5.41, 5.74) is -0.378. The topological polar surface area (TPSA) is 67.4 Å². The second kappa shape index (κ2) is 11.5. The number of unbranched alkanes of at least 4 members (excludes halogenated alkanes) is 2. The van der Waals surface area contributed by atoms with E-state index in [2.05, 4.69) is 17.6 Å². The Morgan fingerprint density at radius 1 is 1.00 bits per heavy atom. The normalized spacial score (nSPS) is 11.2. The highest BCUT2D eigenvalue weighted by Crippen LogP contribution is 2.04. The predicted molar refractivity (Wildman–Crippen MR) is 85.1 cm³/mol. The second-order valence-electron chi connectivity index (χ2n) is 6.04. The fraction of sp³-hybridized carbons (Fsp3) is 0.875. The zero-order chi connectivity index (χ0) is 16.1. The summed E-state index contributed by atoms with van der Waals surface area (Å²) in [6, 6.07) is 0. The molecule has 2 N–H and O–H groups in total. The van der Waals surface area contributed by atoms with E-state index < -0.39 is 0 Å². The third-order valence-corrected chi connectivity index (χ3v) is 2.99. The van der Waals surface area contributed by atoms with Crippen molar-refractivity contribution >= 4 is 11.8 Å². The van der Waals surface area contributed by atoms with Crippen molar-refractivity contribution in [3.8, 4) is 0 Å². The Kier molecular flexibility index (Phi) is 10.9. The van der Waals surface area contributed by atoms with E-state index in [1.165, 1.54) is 0 Å². The van der Waals surface area contributed by atoms with E-state index in [4.69, 9.17) is 4.74 Å². The lowest BCUT2D eigenvalue weighted by Gasteiger charge is -2.26. The molecule has 0 fully saturated rings. The van der Waals surface area contributed by atoms with Crippen molar-refractivity contribution in [1.82, 2.24) is 10.6 Å². The molecule has 0 aliphatic rings. The smallest absolute Gasteiger partial charge is 0.220 e. The Morgan fingerprint density at radius 3 is 2.33 bits per heavy atom. The SMILES string of the molecule is CCCCCC(=O)NCCOCC(C)(C)NC(=O)CCC. The molecule has 0 saturated carbocycles. The van der Waals surface area contributed by atoms with Gasteiger partial charge in [0.1, 0.15) is 0 Å². The van der Waals surface area contributed by atoms with Crippen LogP contribution in [-0.2, 0) is 14.3 Å². The monoisotopic (exact) mass is 300 g/mol. The zero-order valence-corrected chi connectivity index (χ0v) is 14.1. The van der Waals surface area contributed by atoms with Crippen molar-refractivity contribution < 1.29 is 14.3 Å². The van der Waals surface area contributed by atoms with E-state index in [-0.39, 0.29) is 17.4 Å². The lowest BCUT2D eigenvalue weighted by atomic mass is 10.1. The van der Waals surface area contributed by atoms with Crippen molar-refractivity contribution in [2.75, 3.05) is 19.8 Å². The Labute approximate surface area is 129 Å². The van der Waals surface area contributed by atoms with Gasteiger partial charge in [-0.3, -0.25) is 9.59 Å². The third-order valence-electron chi connectivity index (χ3n) is 2.99. The van der Waals surface area contributed by atoms with Crippen LogP contribution in [0.4, 0.5) is 0 Å². The third kappa shape index (κ3) is 12.4. The molecule has 0 spiro atoms. The average Bonchev–Trinajstić information content (AvgIpc) is 2.38. The summed E-state index contributed by atoms with van der Waals surface area (Å²) in [6.07, 6.45) is 5.13. The van der Waals surface area contributed by atoms with E-state index in [0.717, 1.165) is 25.7 Å². The molecule has 0 aliphatic carbocycles. The Morgan fingerprint density at radius 2 is 1.71 bits per heavy atom. The molecule has 0 heterocycles. The lowest BCUT2D eigenvalue weighted by Crippen LogP contribution is -2.47. The van der Waals surface area contributed by atoms with Gasteiger partial charge in [-0.05, 0) is 26.7 Å². The van der Waals surface area contributed by atoms with E-state index in [0.29, 0.717) is 32.6 Å². The molecule has 21 heavy (non-hydrogen) atoms. The van der Waals surface area contributed by atoms with Crippen LogP contribution in [0.15, 0.2) is 0 Å². The number of hydrogen-bond acceptors (Lipinski definition) is 3. The maximum atomic E-state index is 11.5. The molecule has 0 aromatic heterocycles. The number of rotatable bonds is 12. The van der Waals surface area contributed by atoms with Gasteiger partial charge in [-0.1, -0.05) is 26.7 Å². The van der Waals surface area contributed by atoms with Crippen molar-refractivity contribution in [2.45, 2.75) is 71.8 Å². The number of nitrogens with one attached hydrogen (secondary N) is 2. The zero-order valence-electron chi connectivity index (χ0n) is 14.1. The first kappa shape index (κ1) is 19.9. The van der Waals surface area contributed by atoms with E-state index in [9.17, 15) is 9.59 Å². The predicted octanol–water partition coefficient (Wildman–Crippen LogP) is 2.39.